The van der Waals surface area contributed by atoms with Crippen molar-refractivity contribution >= 4 is 0 Å². The second-order valence-electron chi connectivity index (χ2n) is 6.45. The van der Waals surface area contributed by atoms with E-state index in [0.717, 1.165) is 26.2 Å². The van der Waals surface area contributed by atoms with Gasteiger partial charge in [0.2, 0.25) is 0 Å². The van der Waals surface area contributed by atoms with Gasteiger partial charge in [0.15, 0.2) is 0 Å². The molecule has 0 bridgehead atoms. The Morgan fingerprint density at radius 1 is 1.00 bits per heavy atom. The van der Waals surface area contributed by atoms with Crippen LogP contribution in [-0.2, 0) is 13.1 Å². The molecule has 2 aromatic rings. The Bertz CT molecular complexity index is 603. The lowest BCUT2D eigenvalue weighted by Gasteiger charge is -2.35. The average molecular weight is 297 g/mol. The summed E-state index contributed by atoms with van der Waals surface area (Å²) in [5, 5.41) is 4.58. The van der Waals surface area contributed by atoms with Crippen molar-refractivity contribution in [3.05, 3.63) is 48.0 Å². The van der Waals surface area contributed by atoms with Gasteiger partial charge in [-0.15, -0.1) is 0 Å². The van der Waals surface area contributed by atoms with E-state index in [4.69, 9.17) is 0 Å². The normalized spacial score (nSPS) is 22.8. The lowest BCUT2D eigenvalue weighted by Crippen LogP contribution is -2.42. The van der Waals surface area contributed by atoms with Crippen LogP contribution in [0.3, 0.4) is 0 Å². The average Bonchev–Trinajstić information content (AvgIpc) is 3.19. The molecule has 22 heavy (non-hydrogen) atoms. The topological polar surface area (TPSA) is 37.2 Å². The van der Waals surface area contributed by atoms with Crippen LogP contribution >= 0.6 is 0 Å². The standard InChI is InChI=1S/C17H23N5/c1-2-10-20(9-1)13-17-14-21(11-15-3-6-18-7-4-15)12-16-5-8-19-22(16)17/h3-8,17H,1-2,9-14H2. The first-order valence-corrected chi connectivity index (χ1v) is 8.24. The Morgan fingerprint density at radius 3 is 2.64 bits per heavy atom. The fourth-order valence-corrected chi connectivity index (χ4v) is 3.73. The predicted molar refractivity (Wildman–Crippen MR) is 85.3 cm³/mol. The summed E-state index contributed by atoms with van der Waals surface area (Å²) < 4.78 is 2.25. The van der Waals surface area contributed by atoms with Crippen LogP contribution in [0, 0.1) is 0 Å². The Hall–Kier alpha value is -1.72. The number of rotatable bonds is 4. The molecule has 1 fully saturated rings. The molecule has 5 nitrogen and oxygen atoms in total. The highest BCUT2D eigenvalue weighted by atomic mass is 15.4. The molecule has 1 unspecified atom stereocenters. The van der Waals surface area contributed by atoms with Crippen molar-refractivity contribution in [1.29, 1.82) is 0 Å². The second kappa shape index (κ2) is 6.18. The maximum atomic E-state index is 4.58. The highest BCUT2D eigenvalue weighted by Crippen LogP contribution is 2.24. The van der Waals surface area contributed by atoms with Gasteiger partial charge in [0.1, 0.15) is 0 Å². The van der Waals surface area contributed by atoms with E-state index in [1.807, 2.05) is 18.6 Å². The molecule has 4 heterocycles. The molecule has 116 valence electrons. The summed E-state index contributed by atoms with van der Waals surface area (Å²) in [5.41, 5.74) is 2.67. The Morgan fingerprint density at radius 2 is 1.82 bits per heavy atom. The number of likely N-dealkylation sites (tertiary alicyclic amines) is 1. The van der Waals surface area contributed by atoms with Crippen molar-refractivity contribution in [2.45, 2.75) is 32.0 Å². The van der Waals surface area contributed by atoms with Gasteiger partial charge in [-0.1, -0.05) is 0 Å². The number of aromatic nitrogens is 3. The van der Waals surface area contributed by atoms with Crippen LogP contribution in [0.15, 0.2) is 36.8 Å². The zero-order valence-corrected chi connectivity index (χ0v) is 12.9. The van der Waals surface area contributed by atoms with Gasteiger partial charge in [0.25, 0.3) is 0 Å². The van der Waals surface area contributed by atoms with Gasteiger partial charge in [0.05, 0.1) is 11.7 Å². The molecule has 2 aliphatic rings. The fraction of sp³-hybridized carbons (Fsp3) is 0.529. The molecular formula is C17H23N5. The predicted octanol–water partition coefficient (Wildman–Crippen LogP) is 1.93. The minimum absolute atomic E-state index is 0.471. The summed E-state index contributed by atoms with van der Waals surface area (Å²) in [5.74, 6) is 0. The lowest BCUT2D eigenvalue weighted by molar-refractivity contribution is 0.139. The molecule has 5 heteroatoms. The van der Waals surface area contributed by atoms with Crippen molar-refractivity contribution in [1.82, 2.24) is 24.6 Å². The molecule has 0 N–H and O–H groups in total. The first-order chi connectivity index (χ1) is 10.9. The smallest absolute Gasteiger partial charge is 0.0776 e. The number of pyridine rings is 1. The molecular weight excluding hydrogens is 274 g/mol. The number of hydrogen-bond donors (Lipinski definition) is 0. The Labute approximate surface area is 131 Å². The van der Waals surface area contributed by atoms with Crippen LogP contribution in [0.2, 0.25) is 0 Å². The summed E-state index contributed by atoms with van der Waals surface area (Å²) in [6.07, 6.45) is 8.40. The summed E-state index contributed by atoms with van der Waals surface area (Å²) in [6.45, 7) is 6.67. The molecule has 0 spiro atoms. The lowest BCUT2D eigenvalue weighted by atomic mass is 10.1. The third-order valence-electron chi connectivity index (χ3n) is 4.78. The third kappa shape index (κ3) is 2.91. The summed E-state index contributed by atoms with van der Waals surface area (Å²) in [7, 11) is 0. The Kier molecular flexibility index (Phi) is 3.91. The summed E-state index contributed by atoms with van der Waals surface area (Å²) >= 11 is 0. The van der Waals surface area contributed by atoms with Crippen LogP contribution in [0.1, 0.15) is 30.1 Å². The van der Waals surface area contributed by atoms with E-state index < -0.39 is 0 Å². The van der Waals surface area contributed by atoms with E-state index in [9.17, 15) is 0 Å². The zero-order valence-electron chi connectivity index (χ0n) is 12.9. The first-order valence-electron chi connectivity index (χ1n) is 8.24. The maximum Gasteiger partial charge on any atom is 0.0776 e. The molecule has 2 aromatic heterocycles. The molecule has 4 rings (SSSR count). The SMILES string of the molecule is c1cc(CN2Cc3ccnn3C(CN3CCCC3)C2)ccn1. The van der Waals surface area contributed by atoms with Gasteiger partial charge < -0.3 is 4.90 Å². The second-order valence-corrected chi connectivity index (χ2v) is 6.45. The van der Waals surface area contributed by atoms with E-state index in [1.165, 1.54) is 37.2 Å². The maximum absolute atomic E-state index is 4.58. The molecule has 1 atom stereocenters. The molecule has 0 aliphatic carbocycles. The van der Waals surface area contributed by atoms with Gasteiger partial charge in [-0.3, -0.25) is 14.6 Å². The van der Waals surface area contributed by atoms with Crippen LogP contribution in [0.5, 0.6) is 0 Å². The van der Waals surface area contributed by atoms with Crippen molar-refractivity contribution in [3.8, 4) is 0 Å². The largest absolute Gasteiger partial charge is 0.301 e. The monoisotopic (exact) mass is 297 g/mol. The number of fused-ring (bicyclic) bond motifs is 1. The van der Waals surface area contributed by atoms with Crippen molar-refractivity contribution < 1.29 is 0 Å². The van der Waals surface area contributed by atoms with E-state index >= 15 is 0 Å². The highest BCUT2D eigenvalue weighted by molar-refractivity contribution is 5.11. The van der Waals surface area contributed by atoms with Gasteiger partial charge in [0, 0.05) is 44.8 Å². The highest BCUT2D eigenvalue weighted by Gasteiger charge is 2.27. The van der Waals surface area contributed by atoms with Crippen LogP contribution in [0.4, 0.5) is 0 Å². The van der Waals surface area contributed by atoms with E-state index in [0.29, 0.717) is 6.04 Å². The van der Waals surface area contributed by atoms with E-state index in [2.05, 4.69) is 42.8 Å². The first kappa shape index (κ1) is 13.9. The quantitative estimate of drug-likeness (QED) is 0.864. The molecule has 1 saturated heterocycles. The zero-order chi connectivity index (χ0) is 14.8. The summed E-state index contributed by atoms with van der Waals surface area (Å²) in [6, 6.07) is 6.86. The Balaban J connectivity index is 1.49. The number of hydrogen-bond acceptors (Lipinski definition) is 4. The van der Waals surface area contributed by atoms with Crippen LogP contribution < -0.4 is 0 Å². The van der Waals surface area contributed by atoms with E-state index in [-0.39, 0.29) is 0 Å². The minimum Gasteiger partial charge on any atom is -0.301 e. The van der Waals surface area contributed by atoms with Crippen molar-refractivity contribution in [2.75, 3.05) is 26.2 Å². The van der Waals surface area contributed by atoms with Gasteiger partial charge in [-0.25, -0.2) is 0 Å². The molecule has 0 amide bonds. The molecule has 0 saturated carbocycles. The van der Waals surface area contributed by atoms with Gasteiger partial charge in [-0.05, 0) is 49.7 Å². The van der Waals surface area contributed by atoms with E-state index in [1.54, 1.807) is 0 Å². The number of nitrogens with zero attached hydrogens (tertiary/aromatic N) is 5. The van der Waals surface area contributed by atoms with Crippen molar-refractivity contribution in [3.63, 3.8) is 0 Å². The molecule has 2 aliphatic heterocycles. The van der Waals surface area contributed by atoms with Crippen LogP contribution in [0.25, 0.3) is 0 Å². The van der Waals surface area contributed by atoms with Gasteiger partial charge >= 0.3 is 0 Å². The fourth-order valence-electron chi connectivity index (χ4n) is 3.73. The molecule has 0 radical (unpaired) electrons. The minimum atomic E-state index is 0.471. The van der Waals surface area contributed by atoms with Crippen molar-refractivity contribution in [2.24, 2.45) is 0 Å². The van der Waals surface area contributed by atoms with Crippen LogP contribution in [-0.4, -0.2) is 50.7 Å². The third-order valence-corrected chi connectivity index (χ3v) is 4.78. The summed E-state index contributed by atoms with van der Waals surface area (Å²) in [4.78, 5) is 9.23. The van der Waals surface area contributed by atoms with Gasteiger partial charge in [-0.2, -0.15) is 5.10 Å². The molecule has 0 aromatic carbocycles.